The third-order valence-electron chi connectivity index (χ3n) is 3.50. The van der Waals surface area contributed by atoms with Crippen LogP contribution in [0.25, 0.3) is 10.2 Å². The van der Waals surface area contributed by atoms with Crippen molar-refractivity contribution in [2.75, 3.05) is 11.9 Å². The van der Waals surface area contributed by atoms with Gasteiger partial charge in [0, 0.05) is 6.54 Å². The molecule has 0 aliphatic carbocycles. The summed E-state index contributed by atoms with van der Waals surface area (Å²) >= 11 is 1.65. The average molecular weight is 283 g/mol. The molecule has 0 saturated carbocycles. The lowest BCUT2D eigenvalue weighted by Gasteiger charge is -2.13. The van der Waals surface area contributed by atoms with Gasteiger partial charge in [-0.3, -0.25) is 0 Å². The number of hydrogen-bond acceptors (Lipinski definition) is 4. The number of hydrogen-bond donors (Lipinski definition) is 1. The fourth-order valence-corrected chi connectivity index (χ4v) is 3.02. The van der Waals surface area contributed by atoms with Crippen LogP contribution in [0.4, 0.5) is 5.82 Å². The molecule has 0 radical (unpaired) electrons. The average Bonchev–Trinajstić information content (AvgIpc) is 2.97. The van der Waals surface area contributed by atoms with Crippen LogP contribution in [-0.4, -0.2) is 16.5 Å². The predicted molar refractivity (Wildman–Crippen MR) is 85.4 cm³/mol. The Labute approximate surface area is 122 Å². The van der Waals surface area contributed by atoms with Crippen molar-refractivity contribution in [3.63, 3.8) is 0 Å². The molecule has 0 saturated heterocycles. The van der Waals surface area contributed by atoms with Gasteiger partial charge in [-0.15, -0.1) is 11.3 Å². The molecule has 0 amide bonds. The second-order valence-electron chi connectivity index (χ2n) is 4.89. The molecule has 2 aromatic heterocycles. The van der Waals surface area contributed by atoms with Gasteiger partial charge in [-0.25, -0.2) is 9.97 Å². The first-order valence-corrected chi connectivity index (χ1v) is 7.69. The first-order chi connectivity index (χ1) is 9.84. The van der Waals surface area contributed by atoms with Crippen molar-refractivity contribution in [3.05, 3.63) is 53.7 Å². The van der Waals surface area contributed by atoms with Crippen LogP contribution in [0.2, 0.25) is 0 Å². The second-order valence-corrected chi connectivity index (χ2v) is 5.78. The lowest BCUT2D eigenvalue weighted by atomic mass is 9.98. The SMILES string of the molecule is CC(CCNc1ncnc2sccc12)c1ccccc1. The largest absolute Gasteiger partial charge is 0.369 e. The van der Waals surface area contributed by atoms with E-state index < -0.39 is 0 Å². The van der Waals surface area contributed by atoms with Gasteiger partial charge < -0.3 is 5.32 Å². The van der Waals surface area contributed by atoms with Crippen molar-refractivity contribution in [3.8, 4) is 0 Å². The smallest absolute Gasteiger partial charge is 0.138 e. The minimum atomic E-state index is 0.545. The maximum atomic E-state index is 4.33. The van der Waals surface area contributed by atoms with Crippen molar-refractivity contribution in [2.24, 2.45) is 0 Å². The van der Waals surface area contributed by atoms with Crippen molar-refractivity contribution >= 4 is 27.4 Å². The third kappa shape index (κ3) is 2.80. The van der Waals surface area contributed by atoms with Crippen LogP contribution >= 0.6 is 11.3 Å². The van der Waals surface area contributed by atoms with Crippen molar-refractivity contribution in [1.82, 2.24) is 9.97 Å². The lowest BCUT2D eigenvalue weighted by Crippen LogP contribution is -2.07. The molecule has 1 unspecified atom stereocenters. The Kier molecular flexibility index (Phi) is 3.92. The zero-order chi connectivity index (χ0) is 13.8. The summed E-state index contributed by atoms with van der Waals surface area (Å²) in [4.78, 5) is 9.63. The summed E-state index contributed by atoms with van der Waals surface area (Å²) < 4.78 is 0. The summed E-state index contributed by atoms with van der Waals surface area (Å²) in [7, 11) is 0. The number of nitrogens with one attached hydrogen (secondary N) is 1. The van der Waals surface area contributed by atoms with Gasteiger partial charge in [-0.1, -0.05) is 37.3 Å². The zero-order valence-electron chi connectivity index (χ0n) is 11.4. The summed E-state index contributed by atoms with van der Waals surface area (Å²) in [5.74, 6) is 1.49. The molecule has 1 N–H and O–H groups in total. The van der Waals surface area contributed by atoms with Crippen LogP contribution in [-0.2, 0) is 0 Å². The molecule has 2 heterocycles. The highest BCUT2D eigenvalue weighted by Gasteiger charge is 2.07. The van der Waals surface area contributed by atoms with E-state index in [1.165, 1.54) is 5.56 Å². The van der Waals surface area contributed by atoms with Gasteiger partial charge in [0.25, 0.3) is 0 Å². The Bertz CT molecular complexity index is 678. The van der Waals surface area contributed by atoms with E-state index in [0.717, 1.165) is 29.0 Å². The Morgan fingerprint density at radius 1 is 1.15 bits per heavy atom. The molecule has 0 aliphatic heterocycles. The maximum Gasteiger partial charge on any atom is 0.138 e. The van der Waals surface area contributed by atoms with Crippen molar-refractivity contribution < 1.29 is 0 Å². The van der Waals surface area contributed by atoms with Crippen LogP contribution in [0.5, 0.6) is 0 Å². The number of aromatic nitrogens is 2. The molecule has 3 rings (SSSR count). The molecular weight excluding hydrogens is 266 g/mol. The summed E-state index contributed by atoms with van der Waals surface area (Å²) in [5.41, 5.74) is 1.39. The Hall–Kier alpha value is -1.94. The highest BCUT2D eigenvalue weighted by molar-refractivity contribution is 7.16. The molecule has 102 valence electrons. The molecule has 0 aliphatic rings. The molecular formula is C16H17N3S. The lowest BCUT2D eigenvalue weighted by molar-refractivity contribution is 0.705. The molecule has 1 atom stereocenters. The summed E-state index contributed by atoms with van der Waals surface area (Å²) in [6, 6.07) is 12.7. The van der Waals surface area contributed by atoms with E-state index in [0.29, 0.717) is 5.92 Å². The quantitative estimate of drug-likeness (QED) is 0.758. The van der Waals surface area contributed by atoms with Gasteiger partial charge in [0.1, 0.15) is 17.0 Å². The number of benzene rings is 1. The van der Waals surface area contributed by atoms with Crippen LogP contribution in [0, 0.1) is 0 Å². The van der Waals surface area contributed by atoms with Gasteiger partial charge in [0.15, 0.2) is 0 Å². The minimum Gasteiger partial charge on any atom is -0.369 e. The van der Waals surface area contributed by atoms with E-state index in [1.54, 1.807) is 17.7 Å². The number of thiophene rings is 1. The van der Waals surface area contributed by atoms with E-state index in [2.05, 4.69) is 64.0 Å². The van der Waals surface area contributed by atoms with Crippen LogP contribution in [0.15, 0.2) is 48.1 Å². The third-order valence-corrected chi connectivity index (χ3v) is 4.32. The van der Waals surface area contributed by atoms with Gasteiger partial charge in [-0.05, 0) is 29.3 Å². The van der Waals surface area contributed by atoms with Gasteiger partial charge in [-0.2, -0.15) is 0 Å². The van der Waals surface area contributed by atoms with Crippen molar-refractivity contribution in [1.29, 1.82) is 0 Å². The molecule has 1 aromatic carbocycles. The Balaban J connectivity index is 1.61. The standard InChI is InChI=1S/C16H17N3S/c1-12(13-5-3-2-4-6-13)7-9-17-15-14-8-10-20-16(14)19-11-18-15/h2-6,8,10-12H,7,9H2,1H3,(H,17,18,19). The minimum absolute atomic E-state index is 0.545. The van der Waals surface area contributed by atoms with Gasteiger partial charge in [0.2, 0.25) is 0 Å². The zero-order valence-corrected chi connectivity index (χ0v) is 12.2. The normalized spacial score (nSPS) is 12.4. The Morgan fingerprint density at radius 2 is 2.00 bits per heavy atom. The fourth-order valence-electron chi connectivity index (χ4n) is 2.29. The Morgan fingerprint density at radius 3 is 2.85 bits per heavy atom. The number of nitrogens with zero attached hydrogens (tertiary/aromatic N) is 2. The molecule has 3 aromatic rings. The van der Waals surface area contributed by atoms with Gasteiger partial charge in [0.05, 0.1) is 5.39 Å². The molecule has 0 spiro atoms. The van der Waals surface area contributed by atoms with Crippen LogP contribution in [0.1, 0.15) is 24.8 Å². The maximum absolute atomic E-state index is 4.33. The van der Waals surface area contributed by atoms with E-state index in [4.69, 9.17) is 0 Å². The first-order valence-electron chi connectivity index (χ1n) is 6.81. The number of rotatable bonds is 5. The number of anilines is 1. The highest BCUT2D eigenvalue weighted by Crippen LogP contribution is 2.24. The van der Waals surface area contributed by atoms with Crippen LogP contribution in [0.3, 0.4) is 0 Å². The van der Waals surface area contributed by atoms with Crippen molar-refractivity contribution in [2.45, 2.75) is 19.3 Å². The second kappa shape index (κ2) is 6.01. The first kappa shape index (κ1) is 13.1. The van der Waals surface area contributed by atoms with E-state index >= 15 is 0 Å². The summed E-state index contributed by atoms with van der Waals surface area (Å²) in [6.45, 7) is 3.18. The van der Waals surface area contributed by atoms with E-state index in [9.17, 15) is 0 Å². The van der Waals surface area contributed by atoms with Gasteiger partial charge >= 0.3 is 0 Å². The molecule has 3 nitrogen and oxygen atoms in total. The molecule has 0 bridgehead atoms. The fraction of sp³-hybridized carbons (Fsp3) is 0.250. The molecule has 20 heavy (non-hydrogen) atoms. The molecule has 0 fully saturated rings. The topological polar surface area (TPSA) is 37.8 Å². The van der Waals surface area contributed by atoms with Crippen LogP contribution < -0.4 is 5.32 Å². The van der Waals surface area contributed by atoms with E-state index in [-0.39, 0.29) is 0 Å². The van der Waals surface area contributed by atoms with E-state index in [1.807, 2.05) is 0 Å². The summed E-state index contributed by atoms with van der Waals surface area (Å²) in [5, 5.41) is 6.60. The monoisotopic (exact) mass is 283 g/mol. The summed E-state index contributed by atoms with van der Waals surface area (Å²) in [6.07, 6.45) is 2.71. The molecule has 4 heteroatoms. The number of fused-ring (bicyclic) bond motifs is 1. The highest BCUT2D eigenvalue weighted by atomic mass is 32.1. The predicted octanol–water partition coefficient (Wildman–Crippen LogP) is 4.30.